The van der Waals surface area contributed by atoms with E-state index < -0.39 is 0 Å². The van der Waals surface area contributed by atoms with E-state index in [9.17, 15) is 4.79 Å². The lowest BCUT2D eigenvalue weighted by molar-refractivity contribution is 0.104. The zero-order valence-corrected chi connectivity index (χ0v) is 12.7. The fourth-order valence-corrected chi connectivity index (χ4v) is 3.77. The van der Waals surface area contributed by atoms with Crippen molar-refractivity contribution < 1.29 is 4.79 Å². The molecule has 0 aliphatic carbocycles. The third kappa shape index (κ3) is 2.13. The zero-order chi connectivity index (χ0) is 13.4. The molecule has 0 atom stereocenters. The number of ketones is 1. The largest absolute Gasteiger partial charge is 0.289 e. The second kappa shape index (κ2) is 4.91. The molecule has 1 aromatic heterocycles. The third-order valence-electron chi connectivity index (χ3n) is 3.19. The van der Waals surface area contributed by atoms with Gasteiger partial charge in [0.2, 0.25) is 0 Å². The average Bonchev–Trinajstić information content (AvgIpc) is 2.84. The van der Waals surface area contributed by atoms with E-state index in [1.54, 1.807) is 11.3 Å². The van der Waals surface area contributed by atoms with Gasteiger partial charge in [0, 0.05) is 31.1 Å². The number of halogens is 1. The van der Waals surface area contributed by atoms with Crippen LogP contribution >= 0.6 is 27.3 Å². The first-order chi connectivity index (χ1) is 9.18. The summed E-state index contributed by atoms with van der Waals surface area (Å²) in [4.78, 5) is 12.6. The normalized spacial score (nSPS) is 10.8. The van der Waals surface area contributed by atoms with Crippen LogP contribution in [0.25, 0.3) is 10.1 Å². The Balaban J connectivity index is 2.18. The number of carbonyl (C=O) groups excluding carboxylic acids is 1. The molecule has 0 N–H and O–H groups in total. The Kier molecular flexibility index (Phi) is 3.25. The van der Waals surface area contributed by atoms with Crippen LogP contribution in [0.5, 0.6) is 0 Å². The van der Waals surface area contributed by atoms with E-state index in [1.165, 1.54) is 0 Å². The van der Waals surface area contributed by atoms with Crippen molar-refractivity contribution in [1.29, 1.82) is 0 Å². The first-order valence-corrected chi connectivity index (χ1v) is 7.62. The second-order valence-electron chi connectivity index (χ2n) is 4.41. The van der Waals surface area contributed by atoms with Gasteiger partial charge in [-0.15, -0.1) is 11.3 Å². The second-order valence-corrected chi connectivity index (χ2v) is 6.14. The average molecular weight is 331 g/mol. The number of benzene rings is 2. The molecule has 1 heterocycles. The van der Waals surface area contributed by atoms with Crippen LogP contribution in [0.1, 0.15) is 21.5 Å². The third-order valence-corrected chi connectivity index (χ3v) is 5.14. The molecule has 0 unspecified atom stereocenters. The van der Waals surface area contributed by atoms with Crippen molar-refractivity contribution in [3.8, 4) is 0 Å². The summed E-state index contributed by atoms with van der Waals surface area (Å²) in [5, 5.41) is 2.97. The first kappa shape index (κ1) is 12.6. The fraction of sp³-hybridized carbons (Fsp3) is 0.0625. The summed E-state index contributed by atoms with van der Waals surface area (Å²) in [7, 11) is 0. The molecule has 2 aromatic carbocycles. The van der Waals surface area contributed by atoms with Crippen LogP contribution in [0.2, 0.25) is 0 Å². The van der Waals surface area contributed by atoms with E-state index in [0.29, 0.717) is 0 Å². The van der Waals surface area contributed by atoms with Gasteiger partial charge in [0.15, 0.2) is 5.78 Å². The van der Waals surface area contributed by atoms with Crippen molar-refractivity contribution in [3.05, 3.63) is 69.0 Å². The van der Waals surface area contributed by atoms with Gasteiger partial charge in [-0.2, -0.15) is 0 Å². The van der Waals surface area contributed by atoms with Gasteiger partial charge in [-0.1, -0.05) is 36.4 Å². The molecule has 0 bridgehead atoms. The van der Waals surface area contributed by atoms with Crippen LogP contribution in [-0.2, 0) is 0 Å². The molecular weight excluding hydrogens is 320 g/mol. The van der Waals surface area contributed by atoms with E-state index in [-0.39, 0.29) is 5.78 Å². The molecule has 3 aromatic rings. The Bertz CT molecular complexity index is 773. The Morgan fingerprint density at radius 2 is 1.84 bits per heavy atom. The van der Waals surface area contributed by atoms with Crippen LogP contribution in [0, 0.1) is 6.92 Å². The first-order valence-electron chi connectivity index (χ1n) is 5.94. The van der Waals surface area contributed by atoms with Gasteiger partial charge in [0.25, 0.3) is 0 Å². The molecule has 0 saturated heterocycles. The molecule has 3 rings (SSSR count). The van der Waals surface area contributed by atoms with Crippen LogP contribution in [0.4, 0.5) is 0 Å². The van der Waals surface area contributed by atoms with Crippen molar-refractivity contribution in [3.63, 3.8) is 0 Å². The van der Waals surface area contributed by atoms with Crippen LogP contribution in [-0.4, -0.2) is 5.78 Å². The number of fused-ring (bicyclic) bond motifs is 1. The molecule has 0 radical (unpaired) electrons. The summed E-state index contributed by atoms with van der Waals surface area (Å²) in [6.45, 7) is 1.97. The molecule has 1 nitrogen and oxygen atoms in total. The lowest BCUT2D eigenvalue weighted by Gasteiger charge is -2.03. The minimum Gasteiger partial charge on any atom is -0.289 e. The molecule has 0 spiro atoms. The summed E-state index contributed by atoms with van der Waals surface area (Å²) in [6, 6.07) is 13.7. The molecule has 0 aliphatic heterocycles. The SMILES string of the molecule is Cc1ccccc1C(=O)c1csc2c(Br)cccc12. The molecule has 19 heavy (non-hydrogen) atoms. The summed E-state index contributed by atoms with van der Waals surface area (Å²) in [6.07, 6.45) is 0. The van der Waals surface area contributed by atoms with E-state index in [0.717, 1.165) is 31.2 Å². The Labute approximate surface area is 124 Å². The lowest BCUT2D eigenvalue weighted by Crippen LogP contribution is -2.02. The minimum absolute atomic E-state index is 0.0995. The van der Waals surface area contributed by atoms with Gasteiger partial charge in [0.05, 0.1) is 0 Å². The highest BCUT2D eigenvalue weighted by Crippen LogP contribution is 2.33. The van der Waals surface area contributed by atoms with Crippen molar-refractivity contribution >= 4 is 43.1 Å². The Hall–Kier alpha value is -1.45. The topological polar surface area (TPSA) is 17.1 Å². The maximum absolute atomic E-state index is 12.6. The highest BCUT2D eigenvalue weighted by Gasteiger charge is 2.16. The number of aryl methyl sites for hydroxylation is 1. The number of carbonyl (C=O) groups is 1. The minimum atomic E-state index is 0.0995. The van der Waals surface area contributed by atoms with Gasteiger partial charge in [-0.3, -0.25) is 4.79 Å². The Morgan fingerprint density at radius 3 is 2.63 bits per heavy atom. The van der Waals surface area contributed by atoms with Crippen molar-refractivity contribution in [1.82, 2.24) is 0 Å². The van der Waals surface area contributed by atoms with Crippen molar-refractivity contribution in [2.45, 2.75) is 6.92 Å². The van der Waals surface area contributed by atoms with Crippen LogP contribution in [0.3, 0.4) is 0 Å². The smallest absolute Gasteiger partial charge is 0.194 e. The highest BCUT2D eigenvalue weighted by molar-refractivity contribution is 9.10. The molecule has 0 fully saturated rings. The maximum atomic E-state index is 12.6. The quantitative estimate of drug-likeness (QED) is 0.590. The van der Waals surface area contributed by atoms with E-state index >= 15 is 0 Å². The van der Waals surface area contributed by atoms with E-state index in [4.69, 9.17) is 0 Å². The van der Waals surface area contributed by atoms with Crippen molar-refractivity contribution in [2.24, 2.45) is 0 Å². The Morgan fingerprint density at radius 1 is 1.05 bits per heavy atom. The summed E-state index contributed by atoms with van der Waals surface area (Å²) in [5.41, 5.74) is 2.58. The highest BCUT2D eigenvalue weighted by atomic mass is 79.9. The monoisotopic (exact) mass is 330 g/mol. The molecule has 0 aliphatic rings. The summed E-state index contributed by atoms with van der Waals surface area (Å²) < 4.78 is 2.17. The van der Waals surface area contributed by atoms with Crippen molar-refractivity contribution in [2.75, 3.05) is 0 Å². The number of thiophene rings is 1. The van der Waals surface area contributed by atoms with Crippen LogP contribution < -0.4 is 0 Å². The lowest BCUT2D eigenvalue weighted by atomic mass is 9.99. The van der Waals surface area contributed by atoms with Gasteiger partial charge >= 0.3 is 0 Å². The summed E-state index contributed by atoms with van der Waals surface area (Å²) in [5.74, 6) is 0.0995. The number of hydrogen-bond acceptors (Lipinski definition) is 2. The van der Waals surface area contributed by atoms with Gasteiger partial charge < -0.3 is 0 Å². The van der Waals surface area contributed by atoms with E-state index in [2.05, 4.69) is 15.9 Å². The summed E-state index contributed by atoms with van der Waals surface area (Å²) >= 11 is 5.13. The number of rotatable bonds is 2. The van der Waals surface area contributed by atoms with Gasteiger partial charge in [-0.05, 0) is 34.5 Å². The standard InChI is InChI=1S/C16H11BrOS/c1-10-5-2-3-6-11(10)15(18)13-9-19-16-12(13)7-4-8-14(16)17/h2-9H,1H3. The van der Waals surface area contributed by atoms with Gasteiger partial charge in [-0.25, -0.2) is 0 Å². The molecule has 3 heteroatoms. The molecular formula is C16H11BrOS. The predicted octanol–water partition coefficient (Wildman–Crippen LogP) is 5.20. The molecule has 0 amide bonds. The molecule has 0 saturated carbocycles. The predicted molar refractivity (Wildman–Crippen MR) is 84.1 cm³/mol. The maximum Gasteiger partial charge on any atom is 0.194 e. The zero-order valence-electron chi connectivity index (χ0n) is 10.3. The molecule has 94 valence electrons. The number of hydrogen-bond donors (Lipinski definition) is 0. The van der Waals surface area contributed by atoms with E-state index in [1.807, 2.05) is 54.8 Å². The fourth-order valence-electron chi connectivity index (χ4n) is 2.17. The van der Waals surface area contributed by atoms with Gasteiger partial charge in [0.1, 0.15) is 0 Å². The van der Waals surface area contributed by atoms with Crippen LogP contribution in [0.15, 0.2) is 52.3 Å².